The number of benzene rings is 3. The van der Waals surface area contributed by atoms with Crippen LogP contribution in [0.4, 0.5) is 5.88 Å². The maximum absolute atomic E-state index is 12.5. The van der Waals surface area contributed by atoms with E-state index in [1.165, 1.54) is 6.08 Å². The molecule has 0 fully saturated rings. The van der Waals surface area contributed by atoms with Crippen molar-refractivity contribution in [3.63, 3.8) is 0 Å². The number of rotatable bonds is 5. The smallest absolute Gasteiger partial charge is 0.250 e. The zero-order chi connectivity index (χ0) is 20.8. The van der Waals surface area contributed by atoms with E-state index in [-0.39, 0.29) is 11.8 Å². The van der Waals surface area contributed by atoms with Crippen LogP contribution < -0.4 is 5.32 Å². The second-order valence-corrected chi connectivity index (χ2v) is 6.59. The maximum Gasteiger partial charge on any atom is 0.250 e. The van der Waals surface area contributed by atoms with Crippen molar-refractivity contribution in [2.24, 2.45) is 0 Å². The molecule has 144 valence electrons. The third-order valence-electron chi connectivity index (χ3n) is 4.58. The maximum atomic E-state index is 12.5. The van der Waals surface area contributed by atoms with Gasteiger partial charge in [-0.2, -0.15) is 5.26 Å². The predicted octanol–water partition coefficient (Wildman–Crippen LogP) is 6.14. The highest BCUT2D eigenvalue weighted by Gasteiger charge is 2.23. The summed E-state index contributed by atoms with van der Waals surface area (Å²) in [5.74, 6) is 0.307. The fourth-order valence-corrected chi connectivity index (χ4v) is 3.19. The summed E-state index contributed by atoms with van der Waals surface area (Å²) in [5, 5.41) is 12.6. The summed E-state index contributed by atoms with van der Waals surface area (Å²) in [6.45, 7) is 0. The molecule has 1 amide bonds. The standard InChI is InChI=1S/C26H18N2O2/c27-18-22-24(20-12-6-2-7-13-20)25(21-14-8-3-9-15-21)30-26(22)28-23(29)17-16-19-10-4-1-5-11-19/h1-17H,(H,28,29)/b17-16+. The van der Waals surface area contributed by atoms with Gasteiger partial charge in [0.25, 0.3) is 5.91 Å². The summed E-state index contributed by atoms with van der Waals surface area (Å²) in [5.41, 5.74) is 3.53. The highest BCUT2D eigenvalue weighted by molar-refractivity contribution is 6.03. The number of nitriles is 1. The van der Waals surface area contributed by atoms with Gasteiger partial charge in [0.05, 0.1) is 0 Å². The van der Waals surface area contributed by atoms with Gasteiger partial charge in [0.15, 0.2) is 0 Å². The van der Waals surface area contributed by atoms with Crippen molar-refractivity contribution in [2.45, 2.75) is 0 Å². The van der Waals surface area contributed by atoms with Crippen LogP contribution in [-0.4, -0.2) is 5.91 Å². The molecule has 1 heterocycles. The summed E-state index contributed by atoms with van der Waals surface area (Å²) < 4.78 is 6.01. The van der Waals surface area contributed by atoms with Gasteiger partial charge in [0, 0.05) is 17.2 Å². The number of amides is 1. The molecule has 0 atom stereocenters. The third-order valence-corrected chi connectivity index (χ3v) is 4.58. The van der Waals surface area contributed by atoms with Crippen molar-refractivity contribution >= 4 is 17.9 Å². The average molecular weight is 390 g/mol. The molecule has 0 unspecified atom stereocenters. The van der Waals surface area contributed by atoms with Crippen LogP contribution in [0.5, 0.6) is 0 Å². The van der Waals surface area contributed by atoms with Gasteiger partial charge >= 0.3 is 0 Å². The highest BCUT2D eigenvalue weighted by atomic mass is 16.4. The van der Waals surface area contributed by atoms with E-state index in [0.29, 0.717) is 16.9 Å². The zero-order valence-electron chi connectivity index (χ0n) is 16.1. The van der Waals surface area contributed by atoms with E-state index in [0.717, 1.165) is 16.7 Å². The van der Waals surface area contributed by atoms with Crippen molar-refractivity contribution in [3.8, 4) is 28.5 Å². The molecule has 0 saturated carbocycles. The second kappa shape index (κ2) is 8.76. The molecule has 0 aliphatic heterocycles. The summed E-state index contributed by atoms with van der Waals surface area (Å²) in [6, 6.07) is 30.8. The lowest BCUT2D eigenvalue weighted by Crippen LogP contribution is -2.08. The lowest BCUT2D eigenvalue weighted by atomic mass is 9.98. The van der Waals surface area contributed by atoms with Gasteiger partial charge in [0.1, 0.15) is 17.4 Å². The summed E-state index contributed by atoms with van der Waals surface area (Å²) in [6.07, 6.45) is 3.13. The lowest BCUT2D eigenvalue weighted by Gasteiger charge is -2.03. The average Bonchev–Trinajstić information content (AvgIpc) is 3.17. The van der Waals surface area contributed by atoms with Gasteiger partial charge < -0.3 is 4.42 Å². The van der Waals surface area contributed by atoms with Gasteiger partial charge in [-0.15, -0.1) is 0 Å². The zero-order valence-corrected chi connectivity index (χ0v) is 16.1. The monoisotopic (exact) mass is 390 g/mol. The molecular formula is C26H18N2O2. The van der Waals surface area contributed by atoms with E-state index in [2.05, 4.69) is 11.4 Å². The van der Waals surface area contributed by atoms with Gasteiger partial charge in [0.2, 0.25) is 5.88 Å². The molecule has 4 heteroatoms. The van der Waals surface area contributed by atoms with E-state index in [4.69, 9.17) is 4.42 Å². The Kier molecular flexibility index (Phi) is 5.54. The molecule has 0 saturated heterocycles. The van der Waals surface area contributed by atoms with Crippen LogP contribution in [0.3, 0.4) is 0 Å². The Balaban J connectivity index is 1.74. The minimum atomic E-state index is -0.372. The normalized spacial score (nSPS) is 10.6. The van der Waals surface area contributed by atoms with Crippen LogP contribution in [0, 0.1) is 11.3 Å². The number of hydrogen-bond acceptors (Lipinski definition) is 3. The molecule has 1 aromatic heterocycles. The Bertz CT molecular complexity index is 1220. The quantitative estimate of drug-likeness (QED) is 0.416. The van der Waals surface area contributed by atoms with Crippen LogP contribution in [0.25, 0.3) is 28.5 Å². The van der Waals surface area contributed by atoms with E-state index < -0.39 is 0 Å². The van der Waals surface area contributed by atoms with E-state index in [1.807, 2.05) is 91.0 Å². The number of carbonyl (C=O) groups is 1. The molecule has 0 aliphatic rings. The van der Waals surface area contributed by atoms with E-state index >= 15 is 0 Å². The minimum Gasteiger partial charge on any atom is -0.438 e. The van der Waals surface area contributed by atoms with Gasteiger partial charge in [-0.25, -0.2) is 0 Å². The Morgan fingerprint density at radius 3 is 2.00 bits per heavy atom. The lowest BCUT2D eigenvalue weighted by molar-refractivity contribution is -0.111. The number of carbonyl (C=O) groups excluding carboxylic acids is 1. The van der Waals surface area contributed by atoms with E-state index in [1.54, 1.807) is 6.08 Å². The molecule has 4 rings (SSSR count). The Hall–Kier alpha value is -4.36. The first-order valence-corrected chi connectivity index (χ1v) is 9.48. The van der Waals surface area contributed by atoms with Crippen LogP contribution in [0.1, 0.15) is 11.1 Å². The first kappa shape index (κ1) is 19.0. The fraction of sp³-hybridized carbons (Fsp3) is 0. The molecule has 3 aromatic carbocycles. The molecule has 4 nitrogen and oxygen atoms in total. The van der Waals surface area contributed by atoms with E-state index in [9.17, 15) is 10.1 Å². The Morgan fingerprint density at radius 2 is 1.40 bits per heavy atom. The Morgan fingerprint density at radius 1 is 0.833 bits per heavy atom. The van der Waals surface area contributed by atoms with Crippen molar-refractivity contribution in [1.29, 1.82) is 5.26 Å². The second-order valence-electron chi connectivity index (χ2n) is 6.59. The third kappa shape index (κ3) is 4.06. The minimum absolute atomic E-state index is 0.137. The van der Waals surface area contributed by atoms with Gasteiger partial charge in [-0.05, 0) is 17.2 Å². The molecule has 0 radical (unpaired) electrons. The number of nitrogens with one attached hydrogen (secondary N) is 1. The van der Waals surface area contributed by atoms with Crippen molar-refractivity contribution < 1.29 is 9.21 Å². The molecule has 0 bridgehead atoms. The topological polar surface area (TPSA) is 66.0 Å². The largest absolute Gasteiger partial charge is 0.438 e. The fourth-order valence-electron chi connectivity index (χ4n) is 3.19. The predicted molar refractivity (Wildman–Crippen MR) is 118 cm³/mol. The van der Waals surface area contributed by atoms with Crippen molar-refractivity contribution in [1.82, 2.24) is 0 Å². The Labute approximate surface area is 174 Å². The van der Waals surface area contributed by atoms with Gasteiger partial charge in [-0.3, -0.25) is 10.1 Å². The first-order chi connectivity index (χ1) is 14.8. The van der Waals surface area contributed by atoms with Crippen LogP contribution in [0.2, 0.25) is 0 Å². The number of furan rings is 1. The van der Waals surface area contributed by atoms with Crippen molar-refractivity contribution in [3.05, 3.63) is 108 Å². The van der Waals surface area contributed by atoms with Crippen molar-refractivity contribution in [2.75, 3.05) is 5.32 Å². The summed E-state index contributed by atoms with van der Waals surface area (Å²) >= 11 is 0. The summed E-state index contributed by atoms with van der Waals surface area (Å²) in [7, 11) is 0. The molecule has 0 aliphatic carbocycles. The molecular weight excluding hydrogens is 372 g/mol. The number of nitrogens with zero attached hydrogens (tertiary/aromatic N) is 1. The molecule has 4 aromatic rings. The number of hydrogen-bond donors (Lipinski definition) is 1. The first-order valence-electron chi connectivity index (χ1n) is 9.48. The van der Waals surface area contributed by atoms with Crippen LogP contribution in [0.15, 0.2) is 101 Å². The molecule has 0 spiro atoms. The molecule has 1 N–H and O–H groups in total. The number of anilines is 1. The van der Waals surface area contributed by atoms with Crippen LogP contribution in [-0.2, 0) is 4.79 Å². The van der Waals surface area contributed by atoms with Crippen LogP contribution >= 0.6 is 0 Å². The summed E-state index contributed by atoms with van der Waals surface area (Å²) in [4.78, 5) is 12.5. The molecule has 30 heavy (non-hydrogen) atoms. The van der Waals surface area contributed by atoms with Gasteiger partial charge in [-0.1, -0.05) is 91.0 Å². The SMILES string of the molecule is N#Cc1c(NC(=O)/C=C/c2ccccc2)oc(-c2ccccc2)c1-c1ccccc1. The highest BCUT2D eigenvalue weighted by Crippen LogP contribution is 2.41.